The number of para-hydroxylation sites is 1. The van der Waals surface area contributed by atoms with Gasteiger partial charge in [0.05, 0.1) is 5.69 Å². The predicted octanol–water partition coefficient (Wildman–Crippen LogP) is 18.2. The molecule has 0 unspecified atom stereocenters. The van der Waals surface area contributed by atoms with Crippen molar-refractivity contribution in [2.45, 2.75) is 129 Å². The topological polar surface area (TPSA) is 41.6 Å². The van der Waals surface area contributed by atoms with Crippen LogP contribution in [-0.4, -0.2) is 7.28 Å². The number of nitrogens with zero attached hydrogens (tertiary/aromatic N) is 1. The van der Waals surface area contributed by atoms with E-state index in [0.29, 0.717) is 7.28 Å². The third-order valence-electron chi connectivity index (χ3n) is 18.0. The van der Waals surface area contributed by atoms with Gasteiger partial charge >= 0.3 is 0 Å². The van der Waals surface area contributed by atoms with Gasteiger partial charge in [0, 0.05) is 50.4 Å². The third-order valence-corrected chi connectivity index (χ3v) is 18.0. The van der Waals surface area contributed by atoms with Gasteiger partial charge < -0.3 is 14.2 Å². The Hall–Kier alpha value is -7.24. The number of furan rings is 2. The quantitative estimate of drug-likeness (QED) is 0.169. The Morgan fingerprint density at radius 2 is 1.09 bits per heavy atom. The fraction of sp³-hybridized carbons (Fsp3) is 0.286. The van der Waals surface area contributed by atoms with Gasteiger partial charge in [0.1, 0.15) is 16.7 Å². The van der Waals surface area contributed by atoms with Crippen molar-refractivity contribution in [3.63, 3.8) is 0 Å². The molecule has 2 aliphatic carbocycles. The van der Waals surface area contributed by atoms with Gasteiger partial charge in [-0.3, -0.25) is 4.90 Å². The minimum Gasteiger partial charge on any atom is -0.456 e. The zero-order chi connectivity index (χ0) is 52.0. The summed E-state index contributed by atoms with van der Waals surface area (Å²) in [4.78, 5) is 2.45. The van der Waals surface area contributed by atoms with Crippen molar-refractivity contribution in [3.8, 4) is 33.4 Å². The summed E-state index contributed by atoms with van der Waals surface area (Å²) in [6.07, 6.45) is 4.60. The summed E-state index contributed by atoms with van der Waals surface area (Å²) < 4.78 is 14.6. The van der Waals surface area contributed by atoms with Crippen molar-refractivity contribution >= 4 is 79.7 Å². The summed E-state index contributed by atoms with van der Waals surface area (Å²) in [5.41, 5.74) is 23.5. The second kappa shape index (κ2) is 16.6. The van der Waals surface area contributed by atoms with E-state index in [-0.39, 0.29) is 27.1 Å². The number of nitrogens with one attached hydrogen (secondary N) is 1. The molecule has 0 radical (unpaired) electrons. The number of anilines is 5. The minimum atomic E-state index is -0.0736. The summed E-state index contributed by atoms with van der Waals surface area (Å²) in [5.74, 6) is 0.869. The molecule has 374 valence electrons. The fourth-order valence-electron chi connectivity index (χ4n) is 13.2. The lowest BCUT2D eigenvalue weighted by Crippen LogP contribution is -2.40. The standard InChI is InChI=1S/C70H69BN2O2/c1-66(2,3)45-27-31-56(48(37-45)43-22-16-13-17-23-43)73-57-41-60-61(47-24-18-19-25-58(47)74-60)62(64(57)71-63-50-39-53-54(40-59(50)75-65(63)73)70(10,11)35-34-69(53,8)9)49-36-44(42-20-14-12-15-21-42)26-30-55(49)72-46-28-29-51-52(38-46)68(6,7)33-32-67(51,4)5/h12-31,36-41,71-72H,32-35H2,1-11H3. The molecule has 1 N–H and O–H groups in total. The van der Waals surface area contributed by atoms with Crippen molar-refractivity contribution < 1.29 is 8.83 Å². The molecule has 0 amide bonds. The number of hydrogen-bond acceptors (Lipinski definition) is 4. The summed E-state index contributed by atoms with van der Waals surface area (Å²) in [6, 6.07) is 58.9. The lowest BCUT2D eigenvalue weighted by Gasteiger charge is -2.42. The Bertz CT molecular complexity index is 3940. The van der Waals surface area contributed by atoms with Gasteiger partial charge in [-0.25, -0.2) is 0 Å². The summed E-state index contributed by atoms with van der Waals surface area (Å²) >= 11 is 0. The molecule has 8 aromatic carbocycles. The van der Waals surface area contributed by atoms with Crippen LogP contribution < -0.4 is 21.1 Å². The number of fused-ring (bicyclic) bond motifs is 9. The monoisotopic (exact) mass is 981 g/mol. The van der Waals surface area contributed by atoms with Crippen LogP contribution >= 0.6 is 0 Å². The molecule has 0 atom stereocenters. The van der Waals surface area contributed by atoms with Crippen molar-refractivity contribution in [1.29, 1.82) is 0 Å². The van der Waals surface area contributed by atoms with E-state index in [1.165, 1.54) is 61.7 Å². The Labute approximate surface area is 444 Å². The molecule has 0 saturated heterocycles. The summed E-state index contributed by atoms with van der Waals surface area (Å²) in [5, 5.41) is 7.52. The highest BCUT2D eigenvalue weighted by Crippen LogP contribution is 2.53. The van der Waals surface area contributed by atoms with E-state index >= 15 is 0 Å². The first-order chi connectivity index (χ1) is 35.8. The van der Waals surface area contributed by atoms with Gasteiger partial charge in [0.2, 0.25) is 7.28 Å². The van der Waals surface area contributed by atoms with Crippen molar-refractivity contribution in [2.24, 2.45) is 0 Å². The summed E-state index contributed by atoms with van der Waals surface area (Å²) in [6.45, 7) is 26.2. The van der Waals surface area contributed by atoms with Crippen molar-refractivity contribution in [1.82, 2.24) is 0 Å². The van der Waals surface area contributed by atoms with Crippen molar-refractivity contribution in [2.75, 3.05) is 10.2 Å². The van der Waals surface area contributed by atoms with Crippen molar-refractivity contribution in [3.05, 3.63) is 186 Å². The zero-order valence-corrected chi connectivity index (χ0v) is 45.8. The normalized spacial score (nSPS) is 17.0. The summed E-state index contributed by atoms with van der Waals surface area (Å²) in [7, 11) is 0.666. The molecule has 13 rings (SSSR count). The van der Waals surface area contributed by atoms with Crippen LogP contribution in [0.1, 0.15) is 130 Å². The average Bonchev–Trinajstić information content (AvgIpc) is 3.98. The average molecular weight is 981 g/mol. The van der Waals surface area contributed by atoms with Gasteiger partial charge in [0.25, 0.3) is 0 Å². The second-order valence-corrected chi connectivity index (χ2v) is 25.9. The van der Waals surface area contributed by atoms with E-state index < -0.39 is 0 Å². The molecular weight excluding hydrogens is 912 g/mol. The van der Waals surface area contributed by atoms with Crippen LogP contribution in [0.15, 0.2) is 167 Å². The van der Waals surface area contributed by atoms with E-state index in [4.69, 9.17) is 8.83 Å². The fourth-order valence-corrected chi connectivity index (χ4v) is 13.2. The van der Waals surface area contributed by atoms with E-state index in [0.717, 1.165) is 97.7 Å². The molecule has 10 aromatic rings. The lowest BCUT2D eigenvalue weighted by molar-refractivity contribution is 0.332. The van der Waals surface area contributed by atoms with Gasteiger partial charge in [-0.1, -0.05) is 173 Å². The number of hydrogen-bond donors (Lipinski definition) is 1. The van der Waals surface area contributed by atoms with Crippen LogP contribution in [0.2, 0.25) is 0 Å². The largest absolute Gasteiger partial charge is 0.456 e. The molecular formula is C70H69BN2O2. The Kier molecular flexibility index (Phi) is 10.5. The van der Waals surface area contributed by atoms with Crippen LogP contribution in [0, 0.1) is 0 Å². The van der Waals surface area contributed by atoms with Crippen LogP contribution in [0.25, 0.3) is 66.3 Å². The van der Waals surface area contributed by atoms with Crippen LogP contribution in [-0.2, 0) is 27.1 Å². The van der Waals surface area contributed by atoms with E-state index in [2.05, 4.69) is 244 Å². The molecule has 75 heavy (non-hydrogen) atoms. The van der Waals surface area contributed by atoms with E-state index in [1.807, 2.05) is 0 Å². The van der Waals surface area contributed by atoms with E-state index in [1.54, 1.807) is 0 Å². The molecule has 1 aliphatic heterocycles. The van der Waals surface area contributed by atoms with Gasteiger partial charge in [-0.2, -0.15) is 0 Å². The molecule has 0 spiro atoms. The lowest BCUT2D eigenvalue weighted by atomic mass is 9.57. The number of rotatable bonds is 6. The first-order valence-electron chi connectivity index (χ1n) is 27.5. The Balaban J connectivity index is 1.14. The van der Waals surface area contributed by atoms with Crippen LogP contribution in [0.3, 0.4) is 0 Å². The molecule has 0 saturated carbocycles. The minimum absolute atomic E-state index is 0.0197. The van der Waals surface area contributed by atoms with Crippen LogP contribution in [0.4, 0.5) is 28.6 Å². The highest BCUT2D eigenvalue weighted by molar-refractivity contribution is 6.76. The molecule has 2 aromatic heterocycles. The third kappa shape index (κ3) is 7.70. The maximum absolute atomic E-state index is 7.49. The molecule has 3 heterocycles. The first-order valence-corrected chi connectivity index (χ1v) is 27.5. The highest BCUT2D eigenvalue weighted by Gasteiger charge is 2.42. The SMILES string of the molecule is CC(C)(C)c1ccc(N2c3cc4oc5ccccc5c4c(-c4cc(-c5ccccc5)ccc4Nc4ccc5c(c4)C(C)(C)CCC5(C)C)c3Bc3c2oc2cc4c(cc32)C(C)(C)CCC4(C)C)c(-c2ccccc2)c1. The Morgan fingerprint density at radius 3 is 1.79 bits per heavy atom. The predicted molar refractivity (Wildman–Crippen MR) is 320 cm³/mol. The molecule has 0 bridgehead atoms. The molecule has 5 heteroatoms. The van der Waals surface area contributed by atoms with Gasteiger partial charge in [-0.15, -0.1) is 0 Å². The van der Waals surface area contributed by atoms with E-state index in [9.17, 15) is 0 Å². The smallest absolute Gasteiger partial charge is 0.203 e. The number of benzene rings is 8. The maximum atomic E-state index is 7.49. The second-order valence-electron chi connectivity index (χ2n) is 25.9. The van der Waals surface area contributed by atoms with Gasteiger partial charge in [-0.05, 0) is 168 Å². The Morgan fingerprint density at radius 1 is 0.467 bits per heavy atom. The van der Waals surface area contributed by atoms with Gasteiger partial charge in [0.15, 0.2) is 5.88 Å². The molecule has 4 nitrogen and oxygen atoms in total. The first kappa shape index (κ1) is 47.5. The molecule has 0 fully saturated rings. The maximum Gasteiger partial charge on any atom is 0.203 e. The van der Waals surface area contributed by atoms with Crippen LogP contribution in [0.5, 0.6) is 0 Å². The molecule has 3 aliphatic rings. The highest BCUT2D eigenvalue weighted by atomic mass is 16.4. The zero-order valence-electron chi connectivity index (χ0n) is 45.8.